The monoisotopic (exact) mass is 618 g/mol. The van der Waals surface area contributed by atoms with Gasteiger partial charge in [0.25, 0.3) is 0 Å². The van der Waals surface area contributed by atoms with Gasteiger partial charge in [0.1, 0.15) is 0 Å². The normalized spacial score (nSPS) is 17.9. The van der Waals surface area contributed by atoms with E-state index in [0.717, 1.165) is 12.1 Å². The molecule has 2 aliphatic rings. The summed E-state index contributed by atoms with van der Waals surface area (Å²) in [5.41, 5.74) is 14.9. The van der Waals surface area contributed by atoms with Gasteiger partial charge in [-0.05, 0) is 94.8 Å². The summed E-state index contributed by atoms with van der Waals surface area (Å²) >= 11 is 0. The zero-order valence-electron chi connectivity index (χ0n) is 27.7. The van der Waals surface area contributed by atoms with E-state index in [1.807, 2.05) is 0 Å². The lowest BCUT2D eigenvalue weighted by atomic mass is 9.69. The van der Waals surface area contributed by atoms with Crippen molar-refractivity contribution in [3.63, 3.8) is 0 Å². The summed E-state index contributed by atoms with van der Waals surface area (Å²) in [6.45, 7) is 7.16. The molecular weight excluding hydrogens is 581 g/mol. The standard InChI is InChI=1S/C46H38N2/c1-45(2)40-22-12-10-19-35(40)37-21-14-28-46(3,44(37)45)47-41-26-24-32(29-38(41)31-15-6-4-7-16-31)33-25-27-43-39(30-33)36-20-11-13-23-42(36)48(43)34-17-8-5-9-18-34/h4-27,29-30,47H,28H2,1-3H3. The minimum Gasteiger partial charge on any atom is -0.375 e. The summed E-state index contributed by atoms with van der Waals surface area (Å²) in [6.07, 6.45) is 5.63. The number of hydrogen-bond donors (Lipinski definition) is 1. The molecule has 2 nitrogen and oxygen atoms in total. The van der Waals surface area contributed by atoms with Crippen molar-refractivity contribution in [2.75, 3.05) is 5.32 Å². The van der Waals surface area contributed by atoms with Gasteiger partial charge in [-0.25, -0.2) is 0 Å². The third-order valence-electron chi connectivity index (χ3n) is 10.7. The van der Waals surface area contributed by atoms with Gasteiger partial charge in [-0.2, -0.15) is 0 Å². The topological polar surface area (TPSA) is 17.0 Å². The Balaban J connectivity index is 1.17. The van der Waals surface area contributed by atoms with Crippen LogP contribution in [0.1, 0.15) is 38.3 Å². The van der Waals surface area contributed by atoms with Crippen LogP contribution < -0.4 is 5.32 Å². The fourth-order valence-electron chi connectivity index (χ4n) is 8.65. The summed E-state index contributed by atoms with van der Waals surface area (Å²) < 4.78 is 2.38. The third-order valence-corrected chi connectivity index (χ3v) is 10.7. The lowest BCUT2D eigenvalue weighted by Crippen LogP contribution is -2.43. The Labute approximate surface area is 282 Å². The molecule has 1 unspecified atom stereocenters. The molecule has 0 bridgehead atoms. The van der Waals surface area contributed by atoms with Crippen LogP contribution in [0.4, 0.5) is 5.69 Å². The third kappa shape index (κ3) is 4.33. The number of benzene rings is 6. The number of nitrogens with zero attached hydrogens (tertiary/aromatic N) is 1. The SMILES string of the molecule is CC1(Nc2ccc(-c3ccc4c(c3)c3ccccc3n4-c3ccccc3)cc2-c2ccccc2)CC=CC2=C1C(C)(C)c1ccccc12. The fraction of sp³-hybridized carbons (Fsp3) is 0.130. The molecule has 232 valence electrons. The molecule has 7 aromatic rings. The molecule has 0 aliphatic heterocycles. The first-order valence-corrected chi connectivity index (χ1v) is 17.0. The summed E-state index contributed by atoms with van der Waals surface area (Å²) in [5, 5.41) is 6.66. The molecule has 9 rings (SSSR count). The van der Waals surface area contributed by atoms with Crippen LogP contribution in [-0.4, -0.2) is 10.1 Å². The number of hydrogen-bond acceptors (Lipinski definition) is 1. The highest BCUT2D eigenvalue weighted by molar-refractivity contribution is 6.10. The molecule has 0 spiro atoms. The van der Waals surface area contributed by atoms with E-state index in [1.165, 1.54) is 72.0 Å². The van der Waals surface area contributed by atoms with E-state index in [1.54, 1.807) is 0 Å². The predicted octanol–water partition coefficient (Wildman–Crippen LogP) is 12.0. The van der Waals surface area contributed by atoms with Crippen LogP contribution in [-0.2, 0) is 5.41 Å². The van der Waals surface area contributed by atoms with Gasteiger partial charge in [0.05, 0.1) is 16.6 Å². The van der Waals surface area contributed by atoms with Crippen molar-refractivity contribution < 1.29 is 0 Å². The van der Waals surface area contributed by atoms with Gasteiger partial charge in [-0.15, -0.1) is 0 Å². The summed E-state index contributed by atoms with van der Waals surface area (Å²) in [6, 6.07) is 53.1. The minimum atomic E-state index is -0.240. The maximum atomic E-state index is 4.13. The number of anilines is 1. The minimum absolute atomic E-state index is 0.0698. The summed E-state index contributed by atoms with van der Waals surface area (Å²) in [5.74, 6) is 0. The quantitative estimate of drug-likeness (QED) is 0.203. The first kappa shape index (κ1) is 28.6. The molecule has 0 saturated heterocycles. The van der Waals surface area contributed by atoms with Crippen LogP contribution in [0, 0.1) is 0 Å². The van der Waals surface area contributed by atoms with Crippen LogP contribution in [0.15, 0.2) is 163 Å². The number of aromatic nitrogens is 1. The van der Waals surface area contributed by atoms with E-state index in [0.29, 0.717) is 0 Å². The largest absolute Gasteiger partial charge is 0.375 e. The molecule has 1 atom stereocenters. The van der Waals surface area contributed by atoms with Crippen molar-refractivity contribution in [1.82, 2.24) is 4.57 Å². The van der Waals surface area contributed by atoms with Crippen LogP contribution >= 0.6 is 0 Å². The van der Waals surface area contributed by atoms with E-state index < -0.39 is 0 Å². The lowest BCUT2D eigenvalue weighted by molar-refractivity contribution is 0.492. The predicted molar refractivity (Wildman–Crippen MR) is 204 cm³/mol. The molecular formula is C46H38N2. The van der Waals surface area contributed by atoms with Crippen LogP contribution in [0.2, 0.25) is 0 Å². The molecule has 48 heavy (non-hydrogen) atoms. The van der Waals surface area contributed by atoms with E-state index in [-0.39, 0.29) is 11.0 Å². The Morgan fingerprint density at radius 2 is 1.23 bits per heavy atom. The average Bonchev–Trinajstić information content (AvgIpc) is 3.58. The smallest absolute Gasteiger partial charge is 0.0609 e. The van der Waals surface area contributed by atoms with E-state index in [9.17, 15) is 0 Å². The molecule has 1 heterocycles. The Bertz CT molecular complexity index is 2420. The second kappa shape index (κ2) is 10.7. The number of para-hydroxylation sites is 2. The zero-order valence-corrected chi connectivity index (χ0v) is 27.7. The Morgan fingerprint density at radius 3 is 2.06 bits per heavy atom. The van der Waals surface area contributed by atoms with Gasteiger partial charge >= 0.3 is 0 Å². The Morgan fingerprint density at radius 1 is 0.562 bits per heavy atom. The van der Waals surface area contributed by atoms with Gasteiger partial charge in [-0.1, -0.05) is 129 Å². The maximum Gasteiger partial charge on any atom is 0.0609 e. The van der Waals surface area contributed by atoms with Gasteiger partial charge < -0.3 is 9.88 Å². The number of allylic oxidation sites excluding steroid dienone is 2. The number of rotatable bonds is 5. The second-order valence-electron chi connectivity index (χ2n) is 14.1. The first-order valence-electron chi connectivity index (χ1n) is 17.0. The highest BCUT2D eigenvalue weighted by atomic mass is 15.0. The highest BCUT2D eigenvalue weighted by Crippen LogP contribution is 2.54. The van der Waals surface area contributed by atoms with Crippen molar-refractivity contribution in [3.05, 3.63) is 174 Å². The molecule has 1 N–H and O–H groups in total. The van der Waals surface area contributed by atoms with E-state index in [2.05, 4.69) is 188 Å². The number of fused-ring (bicyclic) bond motifs is 5. The highest BCUT2D eigenvalue weighted by Gasteiger charge is 2.47. The van der Waals surface area contributed by atoms with Gasteiger partial charge in [0.15, 0.2) is 0 Å². The van der Waals surface area contributed by atoms with Crippen molar-refractivity contribution in [2.45, 2.75) is 38.1 Å². The second-order valence-corrected chi connectivity index (χ2v) is 14.1. The summed E-state index contributed by atoms with van der Waals surface area (Å²) in [7, 11) is 0. The number of nitrogens with one attached hydrogen (secondary N) is 1. The van der Waals surface area contributed by atoms with Gasteiger partial charge in [0, 0.05) is 33.1 Å². The Kier molecular flexibility index (Phi) is 6.39. The first-order chi connectivity index (χ1) is 23.4. The zero-order chi connectivity index (χ0) is 32.5. The molecule has 0 amide bonds. The van der Waals surface area contributed by atoms with Crippen LogP contribution in [0.5, 0.6) is 0 Å². The van der Waals surface area contributed by atoms with Crippen molar-refractivity contribution in [2.24, 2.45) is 0 Å². The van der Waals surface area contributed by atoms with Crippen molar-refractivity contribution in [3.8, 4) is 27.9 Å². The lowest BCUT2D eigenvalue weighted by Gasteiger charge is -2.42. The summed E-state index contributed by atoms with van der Waals surface area (Å²) in [4.78, 5) is 0. The van der Waals surface area contributed by atoms with Crippen LogP contribution in [0.3, 0.4) is 0 Å². The molecule has 2 heteroatoms. The molecule has 2 aliphatic carbocycles. The maximum absolute atomic E-state index is 4.13. The van der Waals surface area contributed by atoms with Gasteiger partial charge in [0.2, 0.25) is 0 Å². The van der Waals surface area contributed by atoms with Crippen molar-refractivity contribution in [1.29, 1.82) is 0 Å². The Hall–Kier alpha value is -5.60. The van der Waals surface area contributed by atoms with Crippen molar-refractivity contribution >= 4 is 33.1 Å². The van der Waals surface area contributed by atoms with Gasteiger partial charge in [-0.3, -0.25) is 0 Å². The van der Waals surface area contributed by atoms with E-state index >= 15 is 0 Å². The average molecular weight is 619 g/mol. The van der Waals surface area contributed by atoms with Crippen LogP contribution in [0.25, 0.3) is 55.3 Å². The molecule has 0 fully saturated rings. The fourth-order valence-corrected chi connectivity index (χ4v) is 8.65. The molecule has 6 aromatic carbocycles. The molecule has 0 saturated carbocycles. The van der Waals surface area contributed by atoms with E-state index in [4.69, 9.17) is 0 Å². The molecule has 0 radical (unpaired) electrons. The molecule has 1 aromatic heterocycles.